The van der Waals surface area contributed by atoms with Crippen LogP contribution < -0.4 is 15.8 Å². The largest absolute Gasteiger partial charge is 0.434 e. The van der Waals surface area contributed by atoms with Crippen molar-refractivity contribution >= 4 is 46.4 Å². The van der Waals surface area contributed by atoms with Gasteiger partial charge in [-0.1, -0.05) is 40.9 Å². The summed E-state index contributed by atoms with van der Waals surface area (Å²) in [6, 6.07) is 5.63. The molecule has 1 aromatic carbocycles. The quantitative estimate of drug-likeness (QED) is 0.526. The van der Waals surface area contributed by atoms with Crippen molar-refractivity contribution in [3.8, 4) is 11.6 Å². The normalized spacial score (nSPS) is 10.7. The van der Waals surface area contributed by atoms with Crippen LogP contribution in [0.15, 0.2) is 30.6 Å². The van der Waals surface area contributed by atoms with E-state index in [1.807, 2.05) is 0 Å². The number of nitrogens with one attached hydrogen (secondary N) is 2. The van der Waals surface area contributed by atoms with Crippen LogP contribution in [0, 0.1) is 5.82 Å². The second kappa shape index (κ2) is 7.99. The van der Waals surface area contributed by atoms with Crippen molar-refractivity contribution in [1.82, 2.24) is 20.3 Å². The summed E-state index contributed by atoms with van der Waals surface area (Å²) in [6.45, 7) is -0.146. The maximum Gasteiger partial charge on any atom is 0.273 e. The van der Waals surface area contributed by atoms with Gasteiger partial charge in [0.05, 0.1) is 11.3 Å². The number of hydrogen-bond donors (Lipinski definition) is 3. The van der Waals surface area contributed by atoms with Crippen molar-refractivity contribution in [3.05, 3.63) is 63.0 Å². The number of imidazole rings is 1. The zero-order valence-corrected chi connectivity index (χ0v) is 15.7. The Balaban J connectivity index is 1.81. The number of pyridine rings is 1. The van der Waals surface area contributed by atoms with Crippen LogP contribution in [-0.2, 0) is 6.54 Å². The van der Waals surface area contributed by atoms with Gasteiger partial charge in [0.1, 0.15) is 10.3 Å². The number of nitrogens with two attached hydrogens (primary N) is 1. The molecule has 0 aliphatic rings. The van der Waals surface area contributed by atoms with Crippen LogP contribution in [0.25, 0.3) is 0 Å². The fourth-order valence-electron chi connectivity index (χ4n) is 2.15. The van der Waals surface area contributed by atoms with Gasteiger partial charge >= 0.3 is 0 Å². The highest BCUT2D eigenvalue weighted by molar-refractivity contribution is 6.32. The summed E-state index contributed by atoms with van der Waals surface area (Å²) in [7, 11) is 0. The molecule has 1 amide bonds. The van der Waals surface area contributed by atoms with Crippen molar-refractivity contribution in [3.63, 3.8) is 0 Å². The van der Waals surface area contributed by atoms with E-state index in [1.54, 1.807) is 0 Å². The number of aromatic amines is 1. The van der Waals surface area contributed by atoms with Gasteiger partial charge in [-0.2, -0.15) is 0 Å². The summed E-state index contributed by atoms with van der Waals surface area (Å²) in [4.78, 5) is 22.3. The van der Waals surface area contributed by atoms with E-state index in [2.05, 4.69) is 20.3 Å². The fraction of sp³-hybridized carbons (Fsp3) is 0.0625. The van der Waals surface area contributed by atoms with Crippen molar-refractivity contribution in [1.29, 1.82) is 0 Å². The molecule has 0 unspecified atom stereocenters. The molecular weight excluding hydrogens is 420 g/mol. The predicted octanol–water partition coefficient (Wildman–Crippen LogP) is 4.21. The van der Waals surface area contributed by atoms with Gasteiger partial charge < -0.3 is 20.8 Å². The summed E-state index contributed by atoms with van der Waals surface area (Å²) < 4.78 is 20.2. The number of halogens is 4. The molecule has 0 atom stereocenters. The predicted molar refractivity (Wildman–Crippen MR) is 99.9 cm³/mol. The lowest BCUT2D eigenvalue weighted by molar-refractivity contribution is 0.0946. The molecule has 0 spiro atoms. The van der Waals surface area contributed by atoms with Crippen molar-refractivity contribution in [2.24, 2.45) is 0 Å². The molecular formula is C16H11Cl3FN5O2. The van der Waals surface area contributed by atoms with Crippen LogP contribution in [0.3, 0.4) is 0 Å². The summed E-state index contributed by atoms with van der Waals surface area (Å²) in [6.07, 6.45) is 1.27. The zero-order chi connectivity index (χ0) is 19.6. The number of hydrogen-bond acceptors (Lipinski definition) is 5. The lowest BCUT2D eigenvalue weighted by Crippen LogP contribution is -2.24. The smallest absolute Gasteiger partial charge is 0.273 e. The summed E-state index contributed by atoms with van der Waals surface area (Å²) in [5, 5.41) is 2.69. The summed E-state index contributed by atoms with van der Waals surface area (Å²) >= 11 is 17.6. The minimum Gasteiger partial charge on any atom is -0.434 e. The molecule has 4 N–H and O–H groups in total. The first-order valence-electron chi connectivity index (χ1n) is 7.40. The van der Waals surface area contributed by atoms with E-state index in [9.17, 15) is 9.18 Å². The van der Waals surface area contributed by atoms with Gasteiger partial charge in [-0.3, -0.25) is 4.79 Å². The van der Waals surface area contributed by atoms with E-state index in [0.717, 1.165) is 0 Å². The third-order valence-corrected chi connectivity index (χ3v) is 4.16. The molecule has 0 bridgehead atoms. The van der Waals surface area contributed by atoms with Gasteiger partial charge in [0.15, 0.2) is 17.3 Å². The molecule has 11 heteroatoms. The van der Waals surface area contributed by atoms with Gasteiger partial charge in [0, 0.05) is 23.9 Å². The van der Waals surface area contributed by atoms with Crippen molar-refractivity contribution in [2.45, 2.75) is 6.54 Å². The molecule has 3 rings (SSSR count). The first-order chi connectivity index (χ1) is 12.8. The Morgan fingerprint density at radius 2 is 2.07 bits per heavy atom. The number of carbonyl (C=O) groups is 1. The molecule has 3 aromatic rings. The van der Waals surface area contributed by atoms with E-state index in [1.165, 1.54) is 30.6 Å². The van der Waals surface area contributed by atoms with Crippen LogP contribution >= 0.6 is 34.8 Å². The Morgan fingerprint density at radius 1 is 1.30 bits per heavy atom. The Bertz CT molecular complexity index is 991. The third kappa shape index (κ3) is 4.41. The molecule has 7 nitrogen and oxygen atoms in total. The van der Waals surface area contributed by atoms with E-state index < -0.39 is 11.7 Å². The second-order valence-corrected chi connectivity index (χ2v) is 6.43. The van der Waals surface area contributed by atoms with Gasteiger partial charge in [-0.05, 0) is 12.1 Å². The molecule has 0 aliphatic carbocycles. The van der Waals surface area contributed by atoms with Crippen LogP contribution in [0.5, 0.6) is 11.6 Å². The minimum atomic E-state index is -0.767. The number of nitrogens with zero attached hydrogens (tertiary/aromatic N) is 2. The highest BCUT2D eigenvalue weighted by Gasteiger charge is 2.18. The Morgan fingerprint density at radius 3 is 2.74 bits per heavy atom. The van der Waals surface area contributed by atoms with E-state index in [-0.39, 0.29) is 44.8 Å². The molecule has 27 heavy (non-hydrogen) atoms. The Labute approximate surface area is 167 Å². The molecule has 0 radical (unpaired) electrons. The number of H-pyrrole nitrogens is 1. The number of carbonyl (C=O) groups excluding carboxylic acids is 1. The number of anilines is 1. The van der Waals surface area contributed by atoms with Gasteiger partial charge in [-0.15, -0.1) is 0 Å². The van der Waals surface area contributed by atoms with Gasteiger partial charge in [-0.25, -0.2) is 14.4 Å². The topological polar surface area (TPSA) is 106 Å². The maximum absolute atomic E-state index is 14.8. The van der Waals surface area contributed by atoms with E-state index >= 15 is 0 Å². The first kappa shape index (κ1) is 19.2. The SMILES string of the molecule is Nc1cc(Cl)nc(Oc2c(Cl)ccc(CNC(=O)c3nc[nH]c3Cl)c2F)c1. The monoisotopic (exact) mass is 429 g/mol. The fourth-order valence-corrected chi connectivity index (χ4v) is 2.73. The highest BCUT2D eigenvalue weighted by Crippen LogP contribution is 2.34. The molecule has 0 fully saturated rings. The first-order valence-corrected chi connectivity index (χ1v) is 8.53. The molecule has 140 valence electrons. The minimum absolute atomic E-state index is 0.00103. The number of aromatic nitrogens is 3. The molecule has 0 saturated heterocycles. The second-order valence-electron chi connectivity index (χ2n) is 5.26. The van der Waals surface area contributed by atoms with Crippen LogP contribution in [0.1, 0.15) is 16.1 Å². The number of ether oxygens (including phenoxy) is 1. The summed E-state index contributed by atoms with van der Waals surface area (Å²) in [5.74, 6) is -1.63. The highest BCUT2D eigenvalue weighted by atomic mass is 35.5. The number of nitrogen functional groups attached to an aromatic ring is 1. The van der Waals surface area contributed by atoms with Crippen LogP contribution in [0.2, 0.25) is 15.3 Å². The standard InChI is InChI=1S/C16H11Cl3FN5O2/c17-9-2-1-7(5-22-16(26)13-15(19)24-6-23-13)12(20)14(9)27-11-4-8(21)3-10(18)25-11/h1-4,6H,5H2,(H2,21,25)(H,22,26)(H,23,24). The van der Waals surface area contributed by atoms with Gasteiger partial charge in [0.2, 0.25) is 5.88 Å². The van der Waals surface area contributed by atoms with Crippen molar-refractivity contribution in [2.75, 3.05) is 5.73 Å². The molecule has 2 aromatic heterocycles. The van der Waals surface area contributed by atoms with E-state index in [4.69, 9.17) is 45.3 Å². The third-order valence-electron chi connectivity index (χ3n) is 3.38. The van der Waals surface area contributed by atoms with Crippen LogP contribution in [0.4, 0.5) is 10.1 Å². The summed E-state index contributed by atoms with van der Waals surface area (Å²) in [5.41, 5.74) is 6.08. The average Bonchev–Trinajstić information content (AvgIpc) is 3.03. The molecule has 2 heterocycles. The lowest BCUT2D eigenvalue weighted by Gasteiger charge is -2.12. The number of rotatable bonds is 5. The van der Waals surface area contributed by atoms with Crippen molar-refractivity contribution < 1.29 is 13.9 Å². The average molecular weight is 431 g/mol. The maximum atomic E-state index is 14.8. The Kier molecular flexibility index (Phi) is 5.69. The lowest BCUT2D eigenvalue weighted by atomic mass is 10.2. The van der Waals surface area contributed by atoms with Gasteiger partial charge in [0.25, 0.3) is 5.91 Å². The Hall–Kier alpha value is -2.55. The van der Waals surface area contributed by atoms with Crippen LogP contribution in [-0.4, -0.2) is 20.9 Å². The molecule has 0 aliphatic heterocycles. The van der Waals surface area contributed by atoms with E-state index in [0.29, 0.717) is 5.69 Å². The number of benzene rings is 1. The molecule has 0 saturated carbocycles. The zero-order valence-electron chi connectivity index (χ0n) is 13.4. The number of amides is 1.